The van der Waals surface area contributed by atoms with Crippen LogP contribution in [0.25, 0.3) is 6.08 Å². The van der Waals surface area contributed by atoms with Crippen molar-refractivity contribution >= 4 is 28.7 Å². The van der Waals surface area contributed by atoms with Crippen molar-refractivity contribution in [1.29, 1.82) is 0 Å². The Morgan fingerprint density at radius 1 is 1.42 bits per heavy atom. The van der Waals surface area contributed by atoms with E-state index in [0.717, 1.165) is 9.14 Å². The first-order valence-corrected chi connectivity index (χ1v) is 4.84. The molecule has 1 rings (SSSR count). The molecule has 0 aliphatic carbocycles. The minimum Gasteiger partial charge on any atom is -0.391 e. The van der Waals surface area contributed by atoms with Crippen LogP contribution in [0.5, 0.6) is 0 Å². The Balaban J connectivity index is 2.84. The molecule has 12 heavy (non-hydrogen) atoms. The smallest absolute Gasteiger partial charge is 0.0739 e. The van der Waals surface area contributed by atoms with E-state index in [-0.39, 0.29) is 6.61 Å². The zero-order valence-corrected chi connectivity index (χ0v) is 9.08. The van der Waals surface area contributed by atoms with Gasteiger partial charge in [-0.25, -0.2) is 0 Å². The summed E-state index contributed by atoms with van der Waals surface area (Å²) >= 11 is 2.13. The standard InChI is InChI=1S/C10H11IO/c1-8-2-4-9(5-3-8)6-10(11)7-12/h2-6,12H,7H2,1H3/b10-6-. The number of hydrogen-bond donors (Lipinski definition) is 1. The van der Waals surface area contributed by atoms with Crippen LogP contribution in [-0.2, 0) is 0 Å². The van der Waals surface area contributed by atoms with Gasteiger partial charge in [0.05, 0.1) is 6.61 Å². The summed E-state index contributed by atoms with van der Waals surface area (Å²) in [5.74, 6) is 0. The summed E-state index contributed by atoms with van der Waals surface area (Å²) in [5, 5.41) is 8.77. The Morgan fingerprint density at radius 2 is 2.00 bits per heavy atom. The minimum absolute atomic E-state index is 0.119. The number of aliphatic hydroxyl groups is 1. The quantitative estimate of drug-likeness (QED) is 0.822. The van der Waals surface area contributed by atoms with Gasteiger partial charge < -0.3 is 5.11 Å². The van der Waals surface area contributed by atoms with Gasteiger partial charge in [-0.3, -0.25) is 0 Å². The van der Waals surface area contributed by atoms with Crippen molar-refractivity contribution in [2.75, 3.05) is 6.61 Å². The molecule has 0 aliphatic heterocycles. The van der Waals surface area contributed by atoms with E-state index in [2.05, 4.69) is 41.6 Å². The second-order valence-corrected chi connectivity index (χ2v) is 4.05. The lowest BCUT2D eigenvalue weighted by atomic mass is 10.1. The zero-order valence-electron chi connectivity index (χ0n) is 6.92. The van der Waals surface area contributed by atoms with Crippen LogP contribution in [0.4, 0.5) is 0 Å². The molecule has 1 nitrogen and oxygen atoms in total. The molecule has 64 valence electrons. The Bertz CT molecular complexity index is 274. The van der Waals surface area contributed by atoms with Crippen molar-refractivity contribution in [2.24, 2.45) is 0 Å². The first kappa shape index (κ1) is 9.74. The summed E-state index contributed by atoms with van der Waals surface area (Å²) in [6, 6.07) is 8.22. The van der Waals surface area contributed by atoms with Crippen molar-refractivity contribution in [3.63, 3.8) is 0 Å². The molecule has 0 spiro atoms. The maximum Gasteiger partial charge on any atom is 0.0739 e. The van der Waals surface area contributed by atoms with Gasteiger partial charge in [0, 0.05) is 3.58 Å². The molecule has 0 radical (unpaired) electrons. The van der Waals surface area contributed by atoms with E-state index < -0.39 is 0 Å². The van der Waals surface area contributed by atoms with Crippen LogP contribution in [-0.4, -0.2) is 11.7 Å². The number of halogens is 1. The number of rotatable bonds is 2. The van der Waals surface area contributed by atoms with Crippen LogP contribution in [0, 0.1) is 6.92 Å². The largest absolute Gasteiger partial charge is 0.391 e. The van der Waals surface area contributed by atoms with Gasteiger partial charge in [0.25, 0.3) is 0 Å². The molecule has 1 aromatic carbocycles. The summed E-state index contributed by atoms with van der Waals surface area (Å²) < 4.78 is 0.955. The van der Waals surface area contributed by atoms with Gasteiger partial charge in [0.1, 0.15) is 0 Å². The molecule has 0 saturated carbocycles. The van der Waals surface area contributed by atoms with Gasteiger partial charge in [-0.2, -0.15) is 0 Å². The Morgan fingerprint density at radius 3 is 2.50 bits per heavy atom. The molecule has 0 atom stereocenters. The van der Waals surface area contributed by atoms with Crippen LogP contribution in [0.15, 0.2) is 27.8 Å². The molecule has 1 aromatic rings. The molecular weight excluding hydrogens is 263 g/mol. The normalized spacial score (nSPS) is 11.8. The van der Waals surface area contributed by atoms with Gasteiger partial charge in [0.15, 0.2) is 0 Å². The highest BCUT2D eigenvalue weighted by Crippen LogP contribution is 2.12. The van der Waals surface area contributed by atoms with Gasteiger partial charge in [-0.15, -0.1) is 0 Å². The van der Waals surface area contributed by atoms with E-state index in [9.17, 15) is 0 Å². The molecule has 0 aromatic heterocycles. The summed E-state index contributed by atoms with van der Waals surface area (Å²) in [4.78, 5) is 0. The highest BCUT2D eigenvalue weighted by Gasteiger charge is 1.90. The highest BCUT2D eigenvalue weighted by atomic mass is 127. The van der Waals surface area contributed by atoms with E-state index in [0.29, 0.717) is 0 Å². The first-order valence-electron chi connectivity index (χ1n) is 3.76. The van der Waals surface area contributed by atoms with Crippen molar-refractivity contribution < 1.29 is 5.11 Å². The monoisotopic (exact) mass is 274 g/mol. The van der Waals surface area contributed by atoms with Gasteiger partial charge in [-0.05, 0) is 41.2 Å². The Hall–Kier alpha value is -0.350. The van der Waals surface area contributed by atoms with Crippen LogP contribution in [0.1, 0.15) is 11.1 Å². The van der Waals surface area contributed by atoms with E-state index in [4.69, 9.17) is 5.11 Å². The predicted octanol–water partition coefficient (Wildman–Crippen LogP) is 2.76. The third-order valence-electron chi connectivity index (χ3n) is 1.55. The lowest BCUT2D eigenvalue weighted by Crippen LogP contribution is -1.80. The maximum atomic E-state index is 8.77. The number of hydrogen-bond acceptors (Lipinski definition) is 1. The van der Waals surface area contributed by atoms with Crippen molar-refractivity contribution in [3.05, 3.63) is 39.0 Å². The Kier molecular flexibility index (Phi) is 3.75. The Labute approximate surface area is 86.3 Å². The van der Waals surface area contributed by atoms with E-state index in [1.165, 1.54) is 5.56 Å². The lowest BCUT2D eigenvalue weighted by molar-refractivity contribution is 0.342. The van der Waals surface area contributed by atoms with Gasteiger partial charge >= 0.3 is 0 Å². The molecule has 0 heterocycles. The van der Waals surface area contributed by atoms with Crippen molar-refractivity contribution in [3.8, 4) is 0 Å². The SMILES string of the molecule is Cc1ccc(/C=C(\I)CO)cc1. The molecule has 0 unspecified atom stereocenters. The van der Waals surface area contributed by atoms with Crippen LogP contribution in [0.3, 0.4) is 0 Å². The highest BCUT2D eigenvalue weighted by molar-refractivity contribution is 14.1. The number of benzene rings is 1. The predicted molar refractivity (Wildman–Crippen MR) is 60.3 cm³/mol. The third-order valence-corrected chi connectivity index (χ3v) is 2.20. The summed E-state index contributed by atoms with van der Waals surface area (Å²) in [6.07, 6.45) is 1.97. The third kappa shape index (κ3) is 2.95. The molecule has 2 heteroatoms. The van der Waals surface area contributed by atoms with Crippen molar-refractivity contribution in [2.45, 2.75) is 6.92 Å². The fourth-order valence-electron chi connectivity index (χ4n) is 0.889. The topological polar surface area (TPSA) is 20.2 Å². The van der Waals surface area contributed by atoms with Crippen LogP contribution < -0.4 is 0 Å². The molecule has 0 bridgehead atoms. The fourth-order valence-corrected chi connectivity index (χ4v) is 1.25. The molecule has 0 fully saturated rings. The summed E-state index contributed by atoms with van der Waals surface area (Å²) in [7, 11) is 0. The van der Waals surface area contributed by atoms with Crippen LogP contribution >= 0.6 is 22.6 Å². The minimum atomic E-state index is 0.119. The lowest BCUT2D eigenvalue weighted by Gasteiger charge is -1.96. The molecule has 0 amide bonds. The average Bonchev–Trinajstić information content (AvgIpc) is 2.09. The molecular formula is C10H11IO. The van der Waals surface area contributed by atoms with Gasteiger partial charge in [-0.1, -0.05) is 29.8 Å². The molecule has 0 aliphatic rings. The average molecular weight is 274 g/mol. The second kappa shape index (κ2) is 4.62. The van der Waals surface area contributed by atoms with Gasteiger partial charge in [0.2, 0.25) is 0 Å². The maximum absolute atomic E-state index is 8.77. The number of aryl methyl sites for hydroxylation is 1. The van der Waals surface area contributed by atoms with Crippen LogP contribution in [0.2, 0.25) is 0 Å². The fraction of sp³-hybridized carbons (Fsp3) is 0.200. The first-order chi connectivity index (χ1) is 5.72. The van der Waals surface area contributed by atoms with E-state index >= 15 is 0 Å². The summed E-state index contributed by atoms with van der Waals surface area (Å²) in [5.41, 5.74) is 2.39. The van der Waals surface area contributed by atoms with E-state index in [1.54, 1.807) is 0 Å². The van der Waals surface area contributed by atoms with E-state index in [1.807, 2.05) is 18.2 Å². The zero-order chi connectivity index (χ0) is 8.97. The molecule has 0 saturated heterocycles. The molecule has 1 N–H and O–H groups in total. The van der Waals surface area contributed by atoms with Crippen molar-refractivity contribution in [1.82, 2.24) is 0 Å². The number of aliphatic hydroxyl groups excluding tert-OH is 1. The summed E-state index contributed by atoms with van der Waals surface area (Å²) in [6.45, 7) is 2.18. The second-order valence-electron chi connectivity index (χ2n) is 2.66.